The van der Waals surface area contributed by atoms with Gasteiger partial charge in [0.1, 0.15) is 12.4 Å². The molecule has 8 nitrogen and oxygen atoms in total. The molecule has 0 radical (unpaired) electrons. The fourth-order valence-electron chi connectivity index (χ4n) is 7.77. The van der Waals surface area contributed by atoms with Gasteiger partial charge in [0.2, 0.25) is 17.6 Å². The van der Waals surface area contributed by atoms with E-state index >= 15 is 0 Å². The summed E-state index contributed by atoms with van der Waals surface area (Å²) >= 11 is 0. The van der Waals surface area contributed by atoms with Crippen LogP contribution in [0.1, 0.15) is 46.5 Å². The van der Waals surface area contributed by atoms with Crippen molar-refractivity contribution in [2.24, 2.45) is 23.7 Å². The molecule has 5 atom stereocenters. The summed E-state index contributed by atoms with van der Waals surface area (Å²) in [5.74, 6) is -0.895. The van der Waals surface area contributed by atoms with Gasteiger partial charge in [0.05, 0.1) is 34.3 Å². The van der Waals surface area contributed by atoms with E-state index in [1.807, 2.05) is 48.5 Å². The van der Waals surface area contributed by atoms with E-state index in [0.29, 0.717) is 45.8 Å². The second kappa shape index (κ2) is 12.5. The lowest BCUT2D eigenvalue weighted by molar-refractivity contribution is -0.123. The van der Waals surface area contributed by atoms with Gasteiger partial charge in [-0.25, -0.2) is 9.78 Å². The van der Waals surface area contributed by atoms with Gasteiger partial charge < -0.3 is 9.47 Å². The molecule has 2 bridgehead atoms. The van der Waals surface area contributed by atoms with Gasteiger partial charge in [-0.2, -0.15) is 0 Å². The van der Waals surface area contributed by atoms with E-state index in [1.165, 1.54) is 10.5 Å². The molecule has 2 heterocycles. The molecule has 4 aromatic carbocycles. The highest BCUT2D eigenvalue weighted by molar-refractivity contribution is 6.23. The van der Waals surface area contributed by atoms with E-state index in [0.717, 1.165) is 12.0 Å². The lowest BCUT2D eigenvalue weighted by atomic mass is 9.82. The zero-order valence-electron chi connectivity index (χ0n) is 27.6. The number of amides is 2. The Morgan fingerprint density at radius 2 is 1.56 bits per heavy atom. The zero-order valence-corrected chi connectivity index (χ0v) is 27.6. The summed E-state index contributed by atoms with van der Waals surface area (Å²) in [7, 11) is 0. The summed E-state index contributed by atoms with van der Waals surface area (Å²) in [5.41, 5.74) is 5.24. The van der Waals surface area contributed by atoms with Crippen LogP contribution in [0.25, 0.3) is 22.2 Å². The number of anilines is 1. The van der Waals surface area contributed by atoms with Crippen LogP contribution in [-0.4, -0.2) is 34.7 Å². The fraction of sp³-hybridized carbons (Fsp3) is 0.214. The number of rotatable bonds is 9. The molecular formula is C42H34N2O6. The monoisotopic (exact) mass is 662 g/mol. The summed E-state index contributed by atoms with van der Waals surface area (Å²) in [4.78, 5) is 59.9. The molecular weight excluding hydrogens is 628 g/mol. The maximum Gasteiger partial charge on any atom is 0.339 e. The van der Waals surface area contributed by atoms with Crippen molar-refractivity contribution in [3.05, 3.63) is 138 Å². The molecule has 5 unspecified atom stereocenters. The Balaban J connectivity index is 0.986. The van der Waals surface area contributed by atoms with Crippen LogP contribution in [0.2, 0.25) is 0 Å². The lowest BCUT2D eigenvalue weighted by Gasteiger charge is -2.19. The number of pyridine rings is 1. The zero-order chi connectivity index (χ0) is 34.5. The normalized spacial score (nSPS) is 21.2. The minimum atomic E-state index is -1.04. The van der Waals surface area contributed by atoms with Crippen LogP contribution < -0.4 is 9.64 Å². The first kappa shape index (κ1) is 31.4. The molecule has 1 aliphatic heterocycles. The fourth-order valence-corrected chi connectivity index (χ4v) is 7.77. The highest BCUT2D eigenvalue weighted by atomic mass is 16.5. The summed E-state index contributed by atoms with van der Waals surface area (Å²) < 4.78 is 11.6. The molecule has 1 saturated carbocycles. The minimum absolute atomic E-state index is 0.127. The molecule has 3 aliphatic rings. The first-order valence-corrected chi connectivity index (χ1v) is 16.8. The van der Waals surface area contributed by atoms with Crippen molar-refractivity contribution < 1.29 is 28.7 Å². The van der Waals surface area contributed by atoms with E-state index in [9.17, 15) is 19.2 Å². The summed E-state index contributed by atoms with van der Waals surface area (Å²) in [6.07, 6.45) is 2.00. The van der Waals surface area contributed by atoms with Crippen LogP contribution in [0.15, 0.2) is 121 Å². The number of imide groups is 1. The van der Waals surface area contributed by atoms with Crippen molar-refractivity contribution in [3.8, 4) is 17.0 Å². The number of carbonyl (C=O) groups excluding carboxylic acids is 4. The number of ketones is 1. The van der Waals surface area contributed by atoms with Crippen molar-refractivity contribution in [3.63, 3.8) is 0 Å². The summed E-state index contributed by atoms with van der Waals surface area (Å²) in [6.45, 7) is 4.02. The second-order valence-electron chi connectivity index (χ2n) is 13.3. The molecule has 1 aromatic heterocycles. The van der Waals surface area contributed by atoms with Gasteiger partial charge >= 0.3 is 5.97 Å². The van der Waals surface area contributed by atoms with Crippen LogP contribution in [0.3, 0.4) is 0 Å². The van der Waals surface area contributed by atoms with E-state index in [4.69, 9.17) is 14.5 Å². The number of para-hydroxylation sites is 1. The Labute approximate surface area is 289 Å². The number of hydrogen-bond acceptors (Lipinski definition) is 7. The van der Waals surface area contributed by atoms with Crippen molar-refractivity contribution in [2.45, 2.75) is 33.0 Å². The van der Waals surface area contributed by atoms with Crippen LogP contribution in [0, 0.1) is 23.7 Å². The average Bonchev–Trinajstić information content (AvgIpc) is 3.79. The number of nitrogens with zero attached hydrogens (tertiary/aromatic N) is 2. The largest absolute Gasteiger partial charge is 0.489 e. The number of hydrogen-bond donors (Lipinski definition) is 0. The molecule has 8 heteroatoms. The highest BCUT2D eigenvalue weighted by Gasteiger charge is 2.60. The van der Waals surface area contributed by atoms with E-state index in [-0.39, 0.29) is 46.8 Å². The van der Waals surface area contributed by atoms with Crippen molar-refractivity contribution in [1.82, 2.24) is 4.98 Å². The van der Waals surface area contributed by atoms with Crippen LogP contribution in [0.4, 0.5) is 5.69 Å². The van der Waals surface area contributed by atoms with Gasteiger partial charge in [-0.1, -0.05) is 72.3 Å². The number of esters is 1. The Kier molecular flexibility index (Phi) is 7.86. The Hall–Kier alpha value is -5.89. The molecule has 1 saturated heterocycles. The topological polar surface area (TPSA) is 103 Å². The van der Waals surface area contributed by atoms with Crippen molar-refractivity contribution >= 4 is 40.2 Å². The molecule has 50 heavy (non-hydrogen) atoms. The predicted molar refractivity (Wildman–Crippen MR) is 188 cm³/mol. The number of Topliss-reactive ketones (excluding diaryl/α,β-unsaturated/α-hetero) is 1. The number of fused-ring (bicyclic) bond motifs is 6. The maximum absolute atomic E-state index is 13.6. The van der Waals surface area contributed by atoms with Gasteiger partial charge in [-0.15, -0.1) is 0 Å². The van der Waals surface area contributed by atoms with Gasteiger partial charge in [-0.05, 0) is 86.2 Å². The Morgan fingerprint density at radius 1 is 0.860 bits per heavy atom. The standard InChI is InChI=1S/C42H34N2O6/c1-24-20-29-21-33(24)38-37(29)40(46)44(41(38)47)30-16-12-27(13-17-30)36-22-34(32-10-6-7-11-35(32)43-36)42(48)50-25(2)39(45)28-14-18-31(19-15-28)49-23-26-8-4-3-5-9-26/h3-20,22,25,29,33,37-38H,21,23H2,1-2H3. The number of benzene rings is 4. The third-order valence-electron chi connectivity index (χ3n) is 10.3. The van der Waals surface area contributed by atoms with Crippen LogP contribution in [-0.2, 0) is 20.9 Å². The number of aromatic nitrogens is 1. The third kappa shape index (κ3) is 5.47. The lowest BCUT2D eigenvalue weighted by Crippen LogP contribution is -2.32. The van der Waals surface area contributed by atoms with Crippen LogP contribution in [0.5, 0.6) is 5.75 Å². The molecule has 8 rings (SSSR count). The molecule has 2 aliphatic carbocycles. The first-order chi connectivity index (χ1) is 24.3. The Bertz CT molecular complexity index is 2190. The molecule has 2 amide bonds. The molecule has 5 aromatic rings. The van der Waals surface area contributed by atoms with Gasteiger partial charge in [0.15, 0.2) is 6.10 Å². The molecule has 0 N–H and O–H groups in total. The SMILES string of the molecule is CC1=CC2CC1C1C(=O)N(c3ccc(-c4cc(C(=O)OC(C)C(=O)c5ccc(OCc6ccccc6)cc5)c5ccccc5n4)cc3)C(=O)C21. The second-order valence-corrected chi connectivity index (χ2v) is 13.3. The average molecular weight is 663 g/mol. The molecule has 2 fully saturated rings. The van der Waals surface area contributed by atoms with Crippen LogP contribution >= 0.6 is 0 Å². The third-order valence-corrected chi connectivity index (χ3v) is 10.3. The van der Waals surface area contributed by atoms with E-state index < -0.39 is 12.1 Å². The number of allylic oxidation sites excluding steroid dienone is 2. The highest BCUT2D eigenvalue weighted by Crippen LogP contribution is 2.56. The summed E-state index contributed by atoms with van der Waals surface area (Å²) in [5, 5.41) is 0.593. The van der Waals surface area contributed by atoms with Gasteiger partial charge in [-0.3, -0.25) is 19.3 Å². The summed E-state index contributed by atoms with van der Waals surface area (Å²) in [6, 6.07) is 32.6. The predicted octanol–water partition coefficient (Wildman–Crippen LogP) is 7.61. The van der Waals surface area contributed by atoms with E-state index in [2.05, 4.69) is 13.0 Å². The van der Waals surface area contributed by atoms with Crippen molar-refractivity contribution in [1.29, 1.82) is 0 Å². The minimum Gasteiger partial charge on any atom is -0.489 e. The van der Waals surface area contributed by atoms with Gasteiger partial charge in [0, 0.05) is 16.5 Å². The molecule has 248 valence electrons. The van der Waals surface area contributed by atoms with Gasteiger partial charge in [0.25, 0.3) is 0 Å². The smallest absolute Gasteiger partial charge is 0.339 e. The van der Waals surface area contributed by atoms with Crippen molar-refractivity contribution in [2.75, 3.05) is 4.90 Å². The van der Waals surface area contributed by atoms with E-state index in [1.54, 1.807) is 67.6 Å². The first-order valence-electron chi connectivity index (χ1n) is 16.8. The number of ether oxygens (including phenoxy) is 2. The Morgan fingerprint density at radius 3 is 2.32 bits per heavy atom. The quantitative estimate of drug-likeness (QED) is 0.0693. The molecule has 0 spiro atoms. The maximum atomic E-state index is 13.6. The number of carbonyl (C=O) groups is 4.